The third kappa shape index (κ3) is 4.76. The zero-order valence-corrected chi connectivity index (χ0v) is 24.0. The Bertz CT molecular complexity index is 1760. The number of thiazole rings is 1. The maximum Gasteiger partial charge on any atom is 0.308 e. The smallest absolute Gasteiger partial charge is 0.308 e. The number of nitrogens with zero attached hydrogens (tertiary/aromatic N) is 2. The van der Waals surface area contributed by atoms with E-state index in [1.54, 1.807) is 42.5 Å². The maximum absolute atomic E-state index is 14.0. The number of methoxy groups -OCH3 is 2. The molecule has 1 fully saturated rings. The van der Waals surface area contributed by atoms with Crippen LogP contribution in [0, 0.1) is 11.7 Å². The van der Waals surface area contributed by atoms with Crippen molar-refractivity contribution in [3.63, 3.8) is 0 Å². The first-order valence-electron chi connectivity index (χ1n) is 12.9. The van der Waals surface area contributed by atoms with Gasteiger partial charge in [-0.25, -0.2) is 9.29 Å². The summed E-state index contributed by atoms with van der Waals surface area (Å²) in [5.74, 6) is -2.47. The van der Waals surface area contributed by atoms with Gasteiger partial charge in [0.05, 0.1) is 30.9 Å². The molecule has 2 unspecified atom stereocenters. The van der Waals surface area contributed by atoms with Crippen LogP contribution in [0.1, 0.15) is 16.4 Å². The van der Waals surface area contributed by atoms with Crippen LogP contribution in [0.25, 0.3) is 0 Å². The van der Waals surface area contributed by atoms with E-state index < -0.39 is 40.6 Å². The summed E-state index contributed by atoms with van der Waals surface area (Å²) in [4.78, 5) is 55.4. The number of fused-ring (bicyclic) bond motifs is 2. The van der Waals surface area contributed by atoms with Crippen LogP contribution in [-0.2, 0) is 20.9 Å². The Morgan fingerprint density at radius 1 is 0.929 bits per heavy atom. The molecular formula is C30H24FN3O6S2. The summed E-state index contributed by atoms with van der Waals surface area (Å²) >= 11 is 2.05. The van der Waals surface area contributed by atoms with E-state index in [1.165, 1.54) is 43.1 Å². The Morgan fingerprint density at radius 2 is 1.64 bits per heavy atom. The molecule has 12 heteroatoms. The monoisotopic (exact) mass is 605 g/mol. The summed E-state index contributed by atoms with van der Waals surface area (Å²) in [6.45, 7) is -0.271. The van der Waals surface area contributed by atoms with Gasteiger partial charge in [-0.2, -0.15) is 0 Å². The number of hydrogen-bond acceptors (Lipinski definition) is 8. The molecule has 214 valence electrons. The summed E-state index contributed by atoms with van der Waals surface area (Å²) < 4.78 is 25.9. The van der Waals surface area contributed by atoms with Gasteiger partial charge >= 0.3 is 4.87 Å². The molecule has 0 saturated carbocycles. The van der Waals surface area contributed by atoms with Crippen molar-refractivity contribution in [2.75, 3.05) is 24.4 Å². The Hall–Kier alpha value is -4.42. The predicted molar refractivity (Wildman–Crippen MR) is 157 cm³/mol. The molecule has 1 N–H and O–H groups in total. The van der Waals surface area contributed by atoms with Gasteiger partial charge in [-0.3, -0.25) is 23.7 Å². The standard InChI is InChI=1S/C30H24FN3O6S2/c1-39-20-13-8-16(14-21(20)40-2)23-24-25(28(37)34(27(24)36)19-11-9-17(31)10-12-19)41-29-26(23)42-30(38)33(29)15-22(35)32-18-6-4-3-5-7-18/h3-14,23-25H,15H2,1-2H3,(H,32,35)/t23-,24?,25?/m1/s1. The number of imide groups is 1. The fourth-order valence-corrected chi connectivity index (χ4v) is 8.14. The lowest BCUT2D eigenvalue weighted by molar-refractivity contribution is -0.122. The lowest BCUT2D eigenvalue weighted by atomic mass is 9.83. The molecule has 0 radical (unpaired) electrons. The zero-order chi connectivity index (χ0) is 29.5. The summed E-state index contributed by atoms with van der Waals surface area (Å²) in [7, 11) is 3.00. The highest BCUT2D eigenvalue weighted by Gasteiger charge is 2.57. The van der Waals surface area contributed by atoms with Crippen LogP contribution in [0.2, 0.25) is 0 Å². The number of rotatable bonds is 7. The van der Waals surface area contributed by atoms with E-state index in [0.29, 0.717) is 32.7 Å². The van der Waals surface area contributed by atoms with Gasteiger partial charge in [0.15, 0.2) is 11.5 Å². The maximum atomic E-state index is 14.0. The van der Waals surface area contributed by atoms with Crippen molar-refractivity contribution in [2.24, 2.45) is 5.92 Å². The highest BCUT2D eigenvalue weighted by molar-refractivity contribution is 8.00. The van der Waals surface area contributed by atoms with Crippen LogP contribution in [-0.4, -0.2) is 41.8 Å². The molecule has 0 aliphatic carbocycles. The third-order valence-electron chi connectivity index (χ3n) is 7.26. The summed E-state index contributed by atoms with van der Waals surface area (Å²) in [6.07, 6.45) is 0. The first-order chi connectivity index (χ1) is 20.3. The van der Waals surface area contributed by atoms with E-state index in [4.69, 9.17) is 9.47 Å². The predicted octanol–water partition coefficient (Wildman–Crippen LogP) is 4.50. The van der Waals surface area contributed by atoms with Gasteiger partial charge in [-0.05, 0) is 54.1 Å². The largest absolute Gasteiger partial charge is 0.493 e. The first-order valence-corrected chi connectivity index (χ1v) is 14.6. The molecule has 6 rings (SSSR count). The van der Waals surface area contributed by atoms with Crippen LogP contribution in [0.4, 0.5) is 15.8 Å². The lowest BCUT2D eigenvalue weighted by Gasteiger charge is -2.31. The average molecular weight is 606 g/mol. The molecule has 3 atom stereocenters. The fraction of sp³-hybridized carbons (Fsp3) is 0.200. The number of halogens is 1. The second kappa shape index (κ2) is 11.1. The number of thioether (sulfide) groups is 1. The lowest BCUT2D eigenvalue weighted by Crippen LogP contribution is -2.33. The molecule has 0 bridgehead atoms. The average Bonchev–Trinajstić information content (AvgIpc) is 3.44. The van der Waals surface area contributed by atoms with Crippen LogP contribution in [0.5, 0.6) is 11.5 Å². The number of carbonyl (C=O) groups is 3. The normalized spacial score (nSPS) is 19.3. The van der Waals surface area contributed by atoms with Crippen molar-refractivity contribution < 1.29 is 28.2 Å². The second-order valence-corrected chi connectivity index (χ2v) is 11.8. The molecule has 0 spiro atoms. The number of amides is 3. The Labute approximate surface area is 247 Å². The number of carbonyl (C=O) groups excluding carboxylic acids is 3. The van der Waals surface area contributed by atoms with Gasteiger partial charge in [-0.15, -0.1) is 0 Å². The van der Waals surface area contributed by atoms with E-state index >= 15 is 0 Å². The van der Waals surface area contributed by atoms with Crippen LogP contribution in [0.3, 0.4) is 0 Å². The number of ether oxygens (including phenoxy) is 2. The molecule has 3 heterocycles. The van der Waals surface area contributed by atoms with E-state index in [1.807, 2.05) is 6.07 Å². The van der Waals surface area contributed by atoms with Crippen LogP contribution >= 0.6 is 23.1 Å². The summed E-state index contributed by atoms with van der Waals surface area (Å²) in [6, 6.07) is 19.2. The highest BCUT2D eigenvalue weighted by Crippen LogP contribution is 2.54. The van der Waals surface area contributed by atoms with Crippen molar-refractivity contribution in [3.8, 4) is 11.5 Å². The van der Waals surface area contributed by atoms with Crippen LogP contribution in [0.15, 0.2) is 82.6 Å². The SMILES string of the molecule is COc1ccc([C@H]2c3sc(=O)n(CC(=O)Nc4ccccc4)c3SC3C(=O)N(c4ccc(F)cc4)C(=O)C32)cc1OC. The van der Waals surface area contributed by atoms with E-state index in [9.17, 15) is 23.6 Å². The minimum atomic E-state index is -0.884. The Balaban J connectivity index is 1.45. The van der Waals surface area contributed by atoms with Crippen molar-refractivity contribution >= 4 is 52.2 Å². The second-order valence-electron chi connectivity index (χ2n) is 9.68. The number of nitrogens with one attached hydrogen (secondary N) is 1. The number of benzene rings is 3. The van der Waals surface area contributed by atoms with Gasteiger partial charge in [0, 0.05) is 16.5 Å². The molecule has 3 aromatic carbocycles. The van der Waals surface area contributed by atoms with E-state index in [-0.39, 0.29) is 17.1 Å². The molecule has 3 amide bonds. The summed E-state index contributed by atoms with van der Waals surface area (Å²) in [5, 5.41) is 2.36. The minimum Gasteiger partial charge on any atom is -0.493 e. The van der Waals surface area contributed by atoms with Gasteiger partial charge in [-0.1, -0.05) is 47.4 Å². The van der Waals surface area contributed by atoms with E-state index in [0.717, 1.165) is 28.0 Å². The Kier molecular flexibility index (Phi) is 7.33. The third-order valence-corrected chi connectivity index (χ3v) is 9.86. The molecule has 2 aliphatic heterocycles. The molecule has 1 saturated heterocycles. The van der Waals surface area contributed by atoms with Gasteiger partial charge < -0.3 is 14.8 Å². The van der Waals surface area contributed by atoms with E-state index in [2.05, 4.69) is 5.32 Å². The zero-order valence-electron chi connectivity index (χ0n) is 22.4. The number of para-hydroxylation sites is 1. The van der Waals surface area contributed by atoms with Crippen molar-refractivity contribution in [1.82, 2.24) is 4.57 Å². The molecule has 9 nitrogen and oxygen atoms in total. The van der Waals surface area contributed by atoms with Crippen molar-refractivity contribution in [3.05, 3.63) is 98.7 Å². The van der Waals surface area contributed by atoms with Crippen molar-refractivity contribution in [1.29, 1.82) is 0 Å². The van der Waals surface area contributed by atoms with Gasteiger partial charge in [0.1, 0.15) is 17.6 Å². The quantitative estimate of drug-likeness (QED) is 0.309. The molecule has 1 aromatic heterocycles. The van der Waals surface area contributed by atoms with Crippen LogP contribution < -0.4 is 24.6 Å². The molecule has 2 aliphatic rings. The van der Waals surface area contributed by atoms with Gasteiger partial charge in [0.2, 0.25) is 17.7 Å². The highest BCUT2D eigenvalue weighted by atomic mass is 32.2. The first kappa shape index (κ1) is 27.7. The van der Waals surface area contributed by atoms with Gasteiger partial charge in [0.25, 0.3) is 0 Å². The molecule has 4 aromatic rings. The molecule has 42 heavy (non-hydrogen) atoms. The number of aromatic nitrogens is 1. The summed E-state index contributed by atoms with van der Waals surface area (Å²) in [5.41, 5.74) is 1.49. The Morgan fingerprint density at radius 3 is 2.33 bits per heavy atom. The van der Waals surface area contributed by atoms with Crippen molar-refractivity contribution in [2.45, 2.75) is 22.7 Å². The number of anilines is 2. The molecular weight excluding hydrogens is 581 g/mol. The fourth-order valence-electron chi connectivity index (χ4n) is 5.37. The minimum absolute atomic E-state index is 0.260. The number of hydrogen-bond donors (Lipinski definition) is 1. The topological polar surface area (TPSA) is 107 Å².